The molecule has 2 rings (SSSR count). The Morgan fingerprint density at radius 3 is 2.65 bits per heavy atom. The SMILES string of the molecule is CCc1nn(CC)c(CNc2cc(Cl)ccc2C)c1Cl. The van der Waals surface area contributed by atoms with E-state index in [9.17, 15) is 0 Å². The van der Waals surface area contributed by atoms with E-state index >= 15 is 0 Å². The van der Waals surface area contributed by atoms with Crippen LogP contribution < -0.4 is 5.32 Å². The maximum Gasteiger partial charge on any atom is 0.0868 e. The number of benzene rings is 1. The molecule has 1 N–H and O–H groups in total. The molecule has 108 valence electrons. The summed E-state index contributed by atoms with van der Waals surface area (Å²) in [5, 5.41) is 9.40. The Hall–Kier alpha value is -1.19. The summed E-state index contributed by atoms with van der Waals surface area (Å²) in [6.45, 7) is 7.63. The van der Waals surface area contributed by atoms with Crippen molar-refractivity contribution in [1.29, 1.82) is 0 Å². The molecule has 3 nitrogen and oxygen atoms in total. The largest absolute Gasteiger partial charge is 0.379 e. The van der Waals surface area contributed by atoms with E-state index < -0.39 is 0 Å². The number of nitrogens with zero attached hydrogens (tertiary/aromatic N) is 2. The van der Waals surface area contributed by atoms with Crippen LogP contribution >= 0.6 is 23.2 Å². The third-order valence-corrected chi connectivity index (χ3v) is 4.01. The fraction of sp³-hybridized carbons (Fsp3) is 0.400. The molecule has 0 spiro atoms. The van der Waals surface area contributed by atoms with Gasteiger partial charge in [-0.2, -0.15) is 5.10 Å². The Bertz CT molecular complexity index is 605. The van der Waals surface area contributed by atoms with E-state index in [1.165, 1.54) is 0 Å². The summed E-state index contributed by atoms with van der Waals surface area (Å²) in [6, 6.07) is 5.82. The number of anilines is 1. The highest BCUT2D eigenvalue weighted by molar-refractivity contribution is 6.32. The lowest BCUT2D eigenvalue weighted by Gasteiger charge is -2.11. The standard InChI is InChI=1S/C15H19Cl2N3/c1-4-12-15(17)14(20(5-2)19-12)9-18-13-8-11(16)7-6-10(13)3/h6-8,18H,4-5,9H2,1-3H3. The maximum absolute atomic E-state index is 6.40. The number of halogens is 2. The van der Waals surface area contributed by atoms with E-state index in [0.29, 0.717) is 6.54 Å². The van der Waals surface area contributed by atoms with Gasteiger partial charge in [-0.05, 0) is 38.0 Å². The minimum Gasteiger partial charge on any atom is -0.379 e. The Morgan fingerprint density at radius 2 is 2.00 bits per heavy atom. The molecule has 0 aliphatic rings. The molecule has 0 bridgehead atoms. The van der Waals surface area contributed by atoms with Gasteiger partial charge in [0.2, 0.25) is 0 Å². The van der Waals surface area contributed by atoms with Crippen molar-refractivity contribution >= 4 is 28.9 Å². The van der Waals surface area contributed by atoms with Gasteiger partial charge in [-0.25, -0.2) is 0 Å². The van der Waals surface area contributed by atoms with E-state index in [1.54, 1.807) is 0 Å². The molecular formula is C15H19Cl2N3. The fourth-order valence-corrected chi connectivity index (χ4v) is 2.66. The Balaban J connectivity index is 2.22. The first-order chi connectivity index (χ1) is 9.56. The first kappa shape index (κ1) is 15.2. The average Bonchev–Trinajstić information content (AvgIpc) is 2.75. The van der Waals surface area contributed by atoms with Crippen LogP contribution in [0.2, 0.25) is 10.0 Å². The number of hydrogen-bond acceptors (Lipinski definition) is 2. The van der Waals surface area contributed by atoms with Gasteiger partial charge in [-0.3, -0.25) is 4.68 Å². The normalized spacial score (nSPS) is 10.8. The predicted molar refractivity (Wildman–Crippen MR) is 85.8 cm³/mol. The van der Waals surface area contributed by atoms with Crippen LogP contribution in [0.1, 0.15) is 30.8 Å². The van der Waals surface area contributed by atoms with Crippen LogP contribution in [0.15, 0.2) is 18.2 Å². The van der Waals surface area contributed by atoms with Gasteiger partial charge in [-0.1, -0.05) is 36.2 Å². The Labute approximate surface area is 129 Å². The summed E-state index contributed by atoms with van der Waals surface area (Å²) in [5.41, 5.74) is 4.15. The van der Waals surface area contributed by atoms with Crippen molar-refractivity contribution in [3.05, 3.63) is 45.2 Å². The summed E-state index contributed by atoms with van der Waals surface area (Å²) >= 11 is 12.4. The first-order valence-corrected chi connectivity index (χ1v) is 7.56. The van der Waals surface area contributed by atoms with Crippen molar-refractivity contribution in [3.63, 3.8) is 0 Å². The lowest BCUT2D eigenvalue weighted by Crippen LogP contribution is -2.09. The number of rotatable bonds is 5. The number of aromatic nitrogens is 2. The summed E-state index contributed by atoms with van der Waals surface area (Å²) in [5.74, 6) is 0. The van der Waals surface area contributed by atoms with Crippen LogP contribution in [0.25, 0.3) is 0 Å². The van der Waals surface area contributed by atoms with Crippen LogP contribution in [-0.4, -0.2) is 9.78 Å². The van der Waals surface area contributed by atoms with Gasteiger partial charge in [0, 0.05) is 17.3 Å². The lowest BCUT2D eigenvalue weighted by molar-refractivity contribution is 0.619. The summed E-state index contributed by atoms with van der Waals surface area (Å²) < 4.78 is 1.95. The van der Waals surface area contributed by atoms with E-state index in [1.807, 2.05) is 22.9 Å². The molecule has 1 aromatic heterocycles. The van der Waals surface area contributed by atoms with Crippen molar-refractivity contribution in [3.8, 4) is 0 Å². The van der Waals surface area contributed by atoms with Crippen LogP contribution in [0, 0.1) is 6.92 Å². The molecule has 0 saturated carbocycles. The summed E-state index contributed by atoms with van der Waals surface area (Å²) in [6.07, 6.45) is 0.842. The average molecular weight is 312 g/mol. The summed E-state index contributed by atoms with van der Waals surface area (Å²) in [4.78, 5) is 0. The Morgan fingerprint density at radius 1 is 1.25 bits per heavy atom. The molecular weight excluding hydrogens is 293 g/mol. The molecule has 0 fully saturated rings. The molecule has 0 radical (unpaired) electrons. The van der Waals surface area contributed by atoms with Gasteiger partial charge in [-0.15, -0.1) is 0 Å². The highest BCUT2D eigenvalue weighted by Gasteiger charge is 2.14. The predicted octanol–water partition coefficient (Wildman–Crippen LogP) is 4.69. The second-order valence-electron chi connectivity index (χ2n) is 4.69. The topological polar surface area (TPSA) is 29.9 Å². The molecule has 0 aliphatic carbocycles. The van der Waals surface area contributed by atoms with E-state index in [-0.39, 0.29) is 0 Å². The molecule has 0 atom stereocenters. The monoisotopic (exact) mass is 311 g/mol. The van der Waals surface area contributed by atoms with Gasteiger partial charge in [0.05, 0.1) is 23.0 Å². The number of aryl methyl sites for hydroxylation is 3. The van der Waals surface area contributed by atoms with Crippen LogP contribution in [-0.2, 0) is 19.5 Å². The molecule has 5 heteroatoms. The van der Waals surface area contributed by atoms with Crippen LogP contribution in [0.4, 0.5) is 5.69 Å². The van der Waals surface area contributed by atoms with Gasteiger partial charge in [0.25, 0.3) is 0 Å². The zero-order chi connectivity index (χ0) is 14.7. The van der Waals surface area contributed by atoms with Crippen LogP contribution in [0.3, 0.4) is 0 Å². The molecule has 20 heavy (non-hydrogen) atoms. The summed E-state index contributed by atoms with van der Waals surface area (Å²) in [7, 11) is 0. The fourth-order valence-electron chi connectivity index (χ4n) is 2.15. The second kappa shape index (κ2) is 6.51. The zero-order valence-corrected chi connectivity index (χ0v) is 13.5. The molecule has 1 aromatic carbocycles. The molecule has 0 saturated heterocycles. The molecule has 0 unspecified atom stereocenters. The zero-order valence-electron chi connectivity index (χ0n) is 12.0. The smallest absolute Gasteiger partial charge is 0.0868 e. The van der Waals surface area contributed by atoms with Crippen LogP contribution in [0.5, 0.6) is 0 Å². The van der Waals surface area contributed by atoms with Crippen molar-refractivity contribution < 1.29 is 0 Å². The number of hydrogen-bond donors (Lipinski definition) is 1. The quantitative estimate of drug-likeness (QED) is 0.868. The van der Waals surface area contributed by atoms with Crippen molar-refractivity contribution in [2.45, 2.75) is 40.3 Å². The first-order valence-electron chi connectivity index (χ1n) is 6.80. The van der Waals surface area contributed by atoms with E-state index in [2.05, 4.69) is 31.2 Å². The minimum atomic E-state index is 0.640. The van der Waals surface area contributed by atoms with Crippen molar-refractivity contribution in [2.75, 3.05) is 5.32 Å². The van der Waals surface area contributed by atoms with Gasteiger partial charge in [0.15, 0.2) is 0 Å². The van der Waals surface area contributed by atoms with E-state index in [0.717, 1.165) is 45.6 Å². The molecule has 0 aliphatic heterocycles. The van der Waals surface area contributed by atoms with Gasteiger partial charge >= 0.3 is 0 Å². The number of nitrogens with one attached hydrogen (secondary N) is 1. The van der Waals surface area contributed by atoms with Gasteiger partial charge in [0.1, 0.15) is 0 Å². The maximum atomic E-state index is 6.40. The Kier molecular flexibility index (Phi) is 4.95. The highest BCUT2D eigenvalue weighted by Crippen LogP contribution is 2.25. The minimum absolute atomic E-state index is 0.640. The van der Waals surface area contributed by atoms with E-state index in [4.69, 9.17) is 23.2 Å². The lowest BCUT2D eigenvalue weighted by atomic mass is 10.2. The highest BCUT2D eigenvalue weighted by atomic mass is 35.5. The van der Waals surface area contributed by atoms with Gasteiger partial charge < -0.3 is 5.32 Å². The molecule has 2 aromatic rings. The second-order valence-corrected chi connectivity index (χ2v) is 5.50. The van der Waals surface area contributed by atoms with Crippen molar-refractivity contribution in [2.24, 2.45) is 0 Å². The third-order valence-electron chi connectivity index (χ3n) is 3.34. The van der Waals surface area contributed by atoms with Crippen molar-refractivity contribution in [1.82, 2.24) is 9.78 Å². The molecule has 1 heterocycles. The molecule has 0 amide bonds. The third kappa shape index (κ3) is 3.10.